The number of carboxylic acid groups (broad SMARTS) is 1. The van der Waals surface area contributed by atoms with Crippen molar-refractivity contribution >= 4 is 16.9 Å². The fourth-order valence-electron chi connectivity index (χ4n) is 4.17. The molecule has 0 atom stereocenters. The van der Waals surface area contributed by atoms with E-state index in [0.717, 1.165) is 61.3 Å². The van der Waals surface area contributed by atoms with Crippen LogP contribution in [0, 0.1) is 0 Å². The Morgan fingerprint density at radius 1 is 1.20 bits per heavy atom. The van der Waals surface area contributed by atoms with Crippen LogP contribution in [0.3, 0.4) is 0 Å². The Hall–Kier alpha value is -2.90. The minimum absolute atomic E-state index is 0.221. The third kappa shape index (κ3) is 3.91. The first-order chi connectivity index (χ1) is 14.5. The number of carboxylic acids is 1. The highest BCUT2D eigenvalue weighted by atomic mass is 16.5. The number of carbonyl (C=O) groups is 1. The van der Waals surface area contributed by atoms with Crippen molar-refractivity contribution < 1.29 is 14.6 Å². The molecule has 0 radical (unpaired) electrons. The number of morpholine rings is 1. The minimum atomic E-state index is -1.21. The first kappa shape index (κ1) is 20.4. The topological polar surface area (TPSA) is 87.6 Å². The van der Waals surface area contributed by atoms with Gasteiger partial charge >= 0.3 is 5.97 Å². The number of benzene rings is 1. The van der Waals surface area contributed by atoms with E-state index >= 15 is 0 Å². The van der Waals surface area contributed by atoms with Crippen molar-refractivity contribution in [3.05, 3.63) is 57.5 Å². The van der Waals surface area contributed by atoms with Crippen LogP contribution in [-0.2, 0) is 24.6 Å². The number of aromatic amines is 1. The molecule has 4 rings (SSSR count). The molecule has 3 aromatic rings. The summed E-state index contributed by atoms with van der Waals surface area (Å²) in [5, 5.41) is 10.3. The molecule has 0 unspecified atom stereocenters. The van der Waals surface area contributed by atoms with Gasteiger partial charge in [0, 0.05) is 49.7 Å². The Morgan fingerprint density at radius 3 is 2.67 bits per heavy atom. The number of aromatic nitrogens is 2. The fourth-order valence-corrected chi connectivity index (χ4v) is 4.17. The average molecular weight is 409 g/mol. The predicted octanol–water partition coefficient (Wildman–Crippen LogP) is 2.67. The van der Waals surface area contributed by atoms with Gasteiger partial charge < -0.3 is 19.4 Å². The molecule has 0 aliphatic carbocycles. The number of nitrogens with one attached hydrogen (secondary N) is 1. The zero-order chi connectivity index (χ0) is 21.3. The van der Waals surface area contributed by atoms with Gasteiger partial charge in [-0.15, -0.1) is 0 Å². The van der Waals surface area contributed by atoms with E-state index in [0.29, 0.717) is 12.1 Å². The van der Waals surface area contributed by atoms with Gasteiger partial charge in [-0.2, -0.15) is 0 Å². The molecule has 2 aromatic heterocycles. The van der Waals surface area contributed by atoms with E-state index in [1.165, 1.54) is 11.8 Å². The van der Waals surface area contributed by atoms with Gasteiger partial charge in [0.2, 0.25) is 0 Å². The Labute approximate surface area is 174 Å². The lowest BCUT2D eigenvalue weighted by Gasteiger charge is -2.26. The monoisotopic (exact) mass is 409 g/mol. The molecule has 2 N–H and O–H groups in total. The molecule has 0 bridgehead atoms. The first-order valence-corrected chi connectivity index (χ1v) is 10.4. The van der Waals surface area contributed by atoms with E-state index < -0.39 is 11.5 Å². The number of aryl methyl sites for hydroxylation is 2. The lowest BCUT2D eigenvalue weighted by atomic mass is 10.0. The lowest BCUT2D eigenvalue weighted by Crippen LogP contribution is -2.37. The van der Waals surface area contributed by atoms with Crippen LogP contribution < -0.4 is 5.56 Å². The number of pyridine rings is 1. The van der Waals surface area contributed by atoms with Crippen LogP contribution in [-0.4, -0.2) is 58.4 Å². The Kier molecular flexibility index (Phi) is 5.74. The molecule has 1 aromatic carbocycles. The van der Waals surface area contributed by atoms with Crippen LogP contribution in [0.2, 0.25) is 0 Å². The molecule has 3 heterocycles. The standard InChI is InChI=1S/C23H27N3O4/c1-3-15-14-19(23(28)29)22(27)24-21(15)16-4-5-20-17(12-16)13-18(25(20)2)6-7-26-8-10-30-11-9-26/h4-5,12-14H,3,6-11H2,1-2H3,(H,24,27)(H,28,29). The summed E-state index contributed by atoms with van der Waals surface area (Å²) < 4.78 is 7.64. The second kappa shape index (κ2) is 8.45. The number of fused-ring (bicyclic) bond motifs is 1. The smallest absolute Gasteiger partial charge is 0.341 e. The van der Waals surface area contributed by atoms with E-state index in [1.54, 1.807) is 0 Å². The van der Waals surface area contributed by atoms with Gasteiger partial charge in [-0.05, 0) is 41.8 Å². The molecule has 158 valence electrons. The second-order valence-electron chi connectivity index (χ2n) is 7.74. The molecule has 1 aliphatic heterocycles. The summed E-state index contributed by atoms with van der Waals surface area (Å²) in [7, 11) is 2.08. The maximum absolute atomic E-state index is 12.2. The largest absolute Gasteiger partial charge is 0.477 e. The van der Waals surface area contributed by atoms with Gasteiger partial charge in [-0.25, -0.2) is 4.79 Å². The molecule has 7 nitrogen and oxygen atoms in total. The van der Waals surface area contributed by atoms with Gasteiger partial charge in [-0.1, -0.05) is 13.0 Å². The SMILES string of the molecule is CCc1cc(C(=O)O)c(=O)[nH]c1-c1ccc2c(c1)cc(CCN1CCOCC1)n2C. The van der Waals surface area contributed by atoms with Gasteiger partial charge in [-0.3, -0.25) is 9.69 Å². The van der Waals surface area contributed by atoms with Crippen molar-refractivity contribution in [3.8, 4) is 11.3 Å². The molecule has 30 heavy (non-hydrogen) atoms. The molecule has 1 fully saturated rings. The van der Waals surface area contributed by atoms with Gasteiger partial charge in [0.05, 0.1) is 18.9 Å². The highest BCUT2D eigenvalue weighted by Crippen LogP contribution is 2.28. The van der Waals surface area contributed by atoms with Crippen molar-refractivity contribution in [2.24, 2.45) is 7.05 Å². The molecule has 7 heteroatoms. The van der Waals surface area contributed by atoms with Crippen LogP contribution in [0.15, 0.2) is 35.1 Å². The van der Waals surface area contributed by atoms with E-state index in [4.69, 9.17) is 4.74 Å². The van der Waals surface area contributed by atoms with Gasteiger partial charge in [0.15, 0.2) is 0 Å². The quantitative estimate of drug-likeness (QED) is 0.654. The number of nitrogens with zero attached hydrogens (tertiary/aromatic N) is 2. The fraction of sp³-hybridized carbons (Fsp3) is 0.391. The van der Waals surface area contributed by atoms with Crippen molar-refractivity contribution in [2.75, 3.05) is 32.8 Å². The number of hydrogen-bond acceptors (Lipinski definition) is 4. The molecule has 0 amide bonds. The maximum atomic E-state index is 12.2. The number of H-pyrrole nitrogens is 1. The summed E-state index contributed by atoms with van der Waals surface area (Å²) in [4.78, 5) is 28.7. The van der Waals surface area contributed by atoms with Crippen LogP contribution in [0.4, 0.5) is 0 Å². The van der Waals surface area contributed by atoms with Crippen LogP contribution >= 0.6 is 0 Å². The van der Waals surface area contributed by atoms with E-state index in [-0.39, 0.29) is 5.56 Å². The first-order valence-electron chi connectivity index (χ1n) is 10.4. The highest BCUT2D eigenvalue weighted by molar-refractivity contribution is 5.89. The predicted molar refractivity (Wildman–Crippen MR) is 116 cm³/mol. The molecule has 0 saturated carbocycles. The number of aromatic carboxylic acids is 1. The van der Waals surface area contributed by atoms with Crippen molar-refractivity contribution in [1.29, 1.82) is 0 Å². The third-order valence-electron chi connectivity index (χ3n) is 5.95. The summed E-state index contributed by atoms with van der Waals surface area (Å²) in [5.74, 6) is -1.21. The van der Waals surface area contributed by atoms with E-state index in [9.17, 15) is 14.7 Å². The second-order valence-corrected chi connectivity index (χ2v) is 7.74. The minimum Gasteiger partial charge on any atom is -0.477 e. The normalized spacial score (nSPS) is 15.0. The molecular weight excluding hydrogens is 382 g/mol. The third-order valence-corrected chi connectivity index (χ3v) is 5.95. The molecular formula is C23H27N3O4. The summed E-state index contributed by atoms with van der Waals surface area (Å²) in [6.45, 7) is 6.52. The Balaban J connectivity index is 1.66. The molecule has 1 aliphatic rings. The van der Waals surface area contributed by atoms with E-state index in [1.807, 2.05) is 13.0 Å². The maximum Gasteiger partial charge on any atom is 0.341 e. The zero-order valence-corrected chi connectivity index (χ0v) is 17.4. The van der Waals surface area contributed by atoms with Crippen LogP contribution in [0.1, 0.15) is 28.5 Å². The van der Waals surface area contributed by atoms with Crippen LogP contribution in [0.5, 0.6) is 0 Å². The van der Waals surface area contributed by atoms with Crippen molar-refractivity contribution in [2.45, 2.75) is 19.8 Å². The highest BCUT2D eigenvalue weighted by Gasteiger charge is 2.16. The summed E-state index contributed by atoms with van der Waals surface area (Å²) >= 11 is 0. The Morgan fingerprint density at radius 2 is 1.97 bits per heavy atom. The van der Waals surface area contributed by atoms with Crippen molar-refractivity contribution in [1.82, 2.24) is 14.5 Å². The van der Waals surface area contributed by atoms with Gasteiger partial charge in [0.25, 0.3) is 5.56 Å². The van der Waals surface area contributed by atoms with E-state index in [2.05, 4.69) is 39.7 Å². The Bertz CT molecular complexity index is 1140. The number of ether oxygens (including phenoxy) is 1. The van der Waals surface area contributed by atoms with Crippen LogP contribution in [0.25, 0.3) is 22.2 Å². The summed E-state index contributed by atoms with van der Waals surface area (Å²) in [6.07, 6.45) is 1.59. The summed E-state index contributed by atoms with van der Waals surface area (Å²) in [6, 6.07) is 9.80. The zero-order valence-electron chi connectivity index (χ0n) is 17.4. The van der Waals surface area contributed by atoms with Gasteiger partial charge in [0.1, 0.15) is 5.56 Å². The molecule has 0 spiro atoms. The summed E-state index contributed by atoms with van der Waals surface area (Å²) in [5.41, 5.74) is 4.00. The number of rotatable bonds is 6. The number of hydrogen-bond donors (Lipinski definition) is 2. The lowest BCUT2D eigenvalue weighted by molar-refractivity contribution is 0.0383. The van der Waals surface area contributed by atoms with Crippen molar-refractivity contribution in [3.63, 3.8) is 0 Å². The molecule has 1 saturated heterocycles. The average Bonchev–Trinajstić information content (AvgIpc) is 3.07.